The summed E-state index contributed by atoms with van der Waals surface area (Å²) in [6, 6.07) is 10.1. The normalized spacial score (nSPS) is 17.4. The Balaban J connectivity index is 1.67. The molecule has 8 heteroatoms. The lowest BCUT2D eigenvalue weighted by atomic mass is 9.70. The number of ether oxygens (including phenoxy) is 2. The Bertz CT molecular complexity index is 1430. The first-order valence-corrected chi connectivity index (χ1v) is 14.1. The lowest BCUT2D eigenvalue weighted by Gasteiger charge is -2.43. The van der Waals surface area contributed by atoms with Crippen molar-refractivity contribution in [1.82, 2.24) is 4.90 Å². The highest BCUT2D eigenvalue weighted by Crippen LogP contribution is 2.50. The Morgan fingerprint density at radius 2 is 1.68 bits per heavy atom. The number of Topliss-reactive ketones (excluding diaryl/α,β-unsaturated/α-hetero) is 2. The number of halogens is 1. The summed E-state index contributed by atoms with van der Waals surface area (Å²) in [6.45, 7) is 5.78. The number of carboxylic acid groups (broad SMARTS) is 1. The molecule has 0 saturated heterocycles. The van der Waals surface area contributed by atoms with Crippen molar-refractivity contribution in [3.05, 3.63) is 94.1 Å². The second-order valence-corrected chi connectivity index (χ2v) is 10.5. The molecule has 1 aliphatic heterocycles. The zero-order chi connectivity index (χ0) is 29.1. The van der Waals surface area contributed by atoms with E-state index in [9.17, 15) is 23.9 Å². The molecule has 2 aliphatic carbocycles. The number of allylic oxidation sites excluding steroid dienone is 5. The van der Waals surface area contributed by atoms with E-state index in [4.69, 9.17) is 9.47 Å². The van der Waals surface area contributed by atoms with Crippen LogP contribution in [0.3, 0.4) is 0 Å². The van der Waals surface area contributed by atoms with Crippen molar-refractivity contribution in [2.24, 2.45) is 0 Å². The second-order valence-electron chi connectivity index (χ2n) is 10.5. The number of hydrogen-bond acceptors (Lipinski definition) is 6. The molecule has 7 nitrogen and oxygen atoms in total. The highest BCUT2D eigenvalue weighted by atomic mass is 19.1. The molecule has 0 spiro atoms. The quantitative estimate of drug-likeness (QED) is 0.355. The Labute approximate surface area is 238 Å². The van der Waals surface area contributed by atoms with Gasteiger partial charge >= 0.3 is 5.97 Å². The maximum Gasteiger partial charge on any atom is 0.323 e. The van der Waals surface area contributed by atoms with E-state index in [2.05, 4.69) is 6.58 Å². The summed E-state index contributed by atoms with van der Waals surface area (Å²) < 4.78 is 26.5. The van der Waals surface area contributed by atoms with Crippen LogP contribution in [-0.2, 0) is 27.4 Å². The number of hydrogen-bond donors (Lipinski definition) is 1. The van der Waals surface area contributed by atoms with Gasteiger partial charge in [0.25, 0.3) is 0 Å². The highest BCUT2D eigenvalue weighted by molar-refractivity contribution is 6.06. The van der Waals surface area contributed by atoms with Gasteiger partial charge in [-0.15, -0.1) is 6.58 Å². The Hall–Kier alpha value is -4.20. The third-order valence-electron chi connectivity index (χ3n) is 7.86. The zero-order valence-electron chi connectivity index (χ0n) is 23.2. The van der Waals surface area contributed by atoms with Crippen LogP contribution in [0.15, 0.2) is 71.6 Å². The van der Waals surface area contributed by atoms with Crippen LogP contribution in [0.2, 0.25) is 0 Å². The number of carbonyl (C=O) groups is 3. The highest BCUT2D eigenvalue weighted by Gasteiger charge is 2.44. The molecule has 0 unspecified atom stereocenters. The van der Waals surface area contributed by atoms with E-state index < -0.39 is 11.9 Å². The molecule has 0 radical (unpaired) electrons. The van der Waals surface area contributed by atoms with E-state index in [-0.39, 0.29) is 30.5 Å². The van der Waals surface area contributed by atoms with Gasteiger partial charge in [0, 0.05) is 52.4 Å². The van der Waals surface area contributed by atoms with Gasteiger partial charge in [-0.05, 0) is 56.7 Å². The summed E-state index contributed by atoms with van der Waals surface area (Å²) in [5.74, 6) is -1.27. The molecule has 1 N–H and O–H groups in total. The van der Waals surface area contributed by atoms with Crippen LogP contribution in [0.1, 0.15) is 68.1 Å². The standard InChI is InChI=1S/C33H34FNO6/c1-3-9-20-16-22(17-28(40-4-2)33(20)41-19-21-10-5-6-11-23(21)34)30-31-24(12-7-14-26(31)36)35(18-29(38)39)25-13-8-15-27(37)32(25)30/h3,5-6,10-11,16-17,30H,1,4,7-9,12-15,18-19H2,2H3,(H,38,39). The van der Waals surface area contributed by atoms with Crippen molar-refractivity contribution in [3.8, 4) is 11.5 Å². The van der Waals surface area contributed by atoms with Crippen LogP contribution in [0, 0.1) is 5.82 Å². The molecule has 214 valence electrons. The second kappa shape index (κ2) is 12.1. The largest absolute Gasteiger partial charge is 0.490 e. The van der Waals surface area contributed by atoms with E-state index in [1.54, 1.807) is 29.2 Å². The van der Waals surface area contributed by atoms with Gasteiger partial charge in [0.05, 0.1) is 6.61 Å². The molecule has 0 amide bonds. The third kappa shape index (κ3) is 5.56. The lowest BCUT2D eigenvalue weighted by molar-refractivity contribution is -0.138. The topological polar surface area (TPSA) is 93.1 Å². The van der Waals surface area contributed by atoms with Crippen LogP contribution in [0.4, 0.5) is 4.39 Å². The molecule has 1 heterocycles. The maximum absolute atomic E-state index is 14.4. The minimum absolute atomic E-state index is 0.00854. The SMILES string of the molecule is C=CCc1cc(C2C3=C(CCCC3=O)N(CC(=O)O)C3=C2C(=O)CCC3)cc(OCC)c1OCc1ccccc1F. The van der Waals surface area contributed by atoms with E-state index in [0.717, 1.165) is 5.56 Å². The van der Waals surface area contributed by atoms with E-state index in [1.807, 2.05) is 19.1 Å². The number of carboxylic acids is 1. The van der Waals surface area contributed by atoms with Crippen molar-refractivity contribution >= 4 is 17.5 Å². The summed E-state index contributed by atoms with van der Waals surface area (Å²) in [5, 5.41) is 9.71. The minimum atomic E-state index is -1.01. The van der Waals surface area contributed by atoms with Crippen LogP contribution in [0.25, 0.3) is 0 Å². The molecule has 0 bridgehead atoms. The van der Waals surface area contributed by atoms with Gasteiger partial charge in [-0.1, -0.05) is 30.3 Å². The maximum atomic E-state index is 14.4. The molecule has 5 rings (SSSR count). The Kier molecular flexibility index (Phi) is 8.38. The zero-order valence-corrected chi connectivity index (χ0v) is 23.2. The van der Waals surface area contributed by atoms with Crippen molar-refractivity contribution < 1.29 is 33.4 Å². The van der Waals surface area contributed by atoms with Gasteiger partial charge in [-0.25, -0.2) is 4.39 Å². The van der Waals surface area contributed by atoms with Gasteiger partial charge < -0.3 is 19.5 Å². The van der Waals surface area contributed by atoms with Crippen LogP contribution >= 0.6 is 0 Å². The van der Waals surface area contributed by atoms with Gasteiger partial charge in [-0.3, -0.25) is 14.4 Å². The molecule has 0 atom stereocenters. The molecule has 2 aromatic carbocycles. The van der Waals surface area contributed by atoms with Crippen molar-refractivity contribution in [1.29, 1.82) is 0 Å². The minimum Gasteiger partial charge on any atom is -0.490 e. The Morgan fingerprint density at radius 3 is 2.27 bits per heavy atom. The summed E-state index contributed by atoms with van der Waals surface area (Å²) in [7, 11) is 0. The average Bonchev–Trinajstić information content (AvgIpc) is 2.94. The number of nitrogens with zero attached hydrogens (tertiary/aromatic N) is 1. The number of carbonyl (C=O) groups excluding carboxylic acids is 2. The summed E-state index contributed by atoms with van der Waals surface area (Å²) in [6.07, 6.45) is 5.22. The smallest absolute Gasteiger partial charge is 0.323 e. The van der Waals surface area contributed by atoms with Gasteiger partial charge in [0.1, 0.15) is 19.0 Å². The molecular weight excluding hydrogens is 525 g/mol. The van der Waals surface area contributed by atoms with Crippen LogP contribution in [-0.4, -0.2) is 40.7 Å². The predicted octanol–water partition coefficient (Wildman–Crippen LogP) is 6.03. The van der Waals surface area contributed by atoms with Gasteiger partial charge in [0.2, 0.25) is 0 Å². The predicted molar refractivity (Wildman–Crippen MR) is 151 cm³/mol. The van der Waals surface area contributed by atoms with Crippen LogP contribution < -0.4 is 9.47 Å². The van der Waals surface area contributed by atoms with E-state index in [1.165, 1.54) is 6.07 Å². The van der Waals surface area contributed by atoms with Gasteiger partial charge in [0.15, 0.2) is 23.1 Å². The fourth-order valence-electron chi connectivity index (χ4n) is 6.23. The lowest BCUT2D eigenvalue weighted by Crippen LogP contribution is -2.41. The van der Waals surface area contributed by atoms with Crippen molar-refractivity contribution in [2.45, 2.75) is 64.4 Å². The summed E-state index contributed by atoms with van der Waals surface area (Å²) in [5.41, 5.74) is 4.25. The summed E-state index contributed by atoms with van der Waals surface area (Å²) >= 11 is 0. The number of benzene rings is 2. The monoisotopic (exact) mass is 559 g/mol. The van der Waals surface area contributed by atoms with Crippen molar-refractivity contribution in [2.75, 3.05) is 13.2 Å². The fraction of sp³-hybridized carbons (Fsp3) is 0.364. The molecule has 41 heavy (non-hydrogen) atoms. The fourth-order valence-corrected chi connectivity index (χ4v) is 6.23. The molecule has 3 aliphatic rings. The molecule has 0 aromatic heterocycles. The van der Waals surface area contributed by atoms with Crippen LogP contribution in [0.5, 0.6) is 11.5 Å². The average molecular weight is 560 g/mol. The first-order chi connectivity index (χ1) is 19.8. The first kappa shape index (κ1) is 28.3. The van der Waals surface area contributed by atoms with E-state index >= 15 is 0 Å². The summed E-state index contributed by atoms with van der Waals surface area (Å²) in [4.78, 5) is 40.6. The molecule has 2 aromatic rings. The number of ketones is 2. The van der Waals surface area contributed by atoms with E-state index in [0.29, 0.717) is 96.7 Å². The Morgan fingerprint density at radius 1 is 1.02 bits per heavy atom. The molecule has 0 fully saturated rings. The van der Waals surface area contributed by atoms with Crippen molar-refractivity contribution in [3.63, 3.8) is 0 Å². The van der Waals surface area contributed by atoms with Gasteiger partial charge in [-0.2, -0.15) is 0 Å². The first-order valence-electron chi connectivity index (χ1n) is 14.1. The third-order valence-corrected chi connectivity index (χ3v) is 7.86. The number of aliphatic carboxylic acids is 1. The molecular formula is C33H34FNO6. The number of rotatable bonds is 10. The molecule has 0 saturated carbocycles.